The van der Waals surface area contributed by atoms with Crippen LogP contribution in [-0.2, 0) is 9.53 Å². The van der Waals surface area contributed by atoms with Crippen LogP contribution in [0.1, 0.15) is 56.9 Å². The highest BCUT2D eigenvalue weighted by molar-refractivity contribution is 5.94. The summed E-state index contributed by atoms with van der Waals surface area (Å²) in [6, 6.07) is 8.48. The number of nitrogens with one attached hydrogen (secondary N) is 3. The third kappa shape index (κ3) is 3.50. The van der Waals surface area contributed by atoms with Crippen molar-refractivity contribution < 1.29 is 9.53 Å². The van der Waals surface area contributed by atoms with E-state index in [0.29, 0.717) is 25.1 Å². The molecule has 2 aliphatic carbocycles. The number of fused-ring (bicyclic) bond motifs is 1. The minimum absolute atomic E-state index is 0.0805. The quantitative estimate of drug-likeness (QED) is 0.539. The maximum absolute atomic E-state index is 12.1. The van der Waals surface area contributed by atoms with Gasteiger partial charge in [-0.2, -0.15) is 0 Å². The first-order chi connectivity index (χ1) is 13.7. The molecule has 0 aromatic heterocycles. The van der Waals surface area contributed by atoms with Gasteiger partial charge in [-0.15, -0.1) is 0 Å². The van der Waals surface area contributed by atoms with Crippen LogP contribution in [0.2, 0.25) is 0 Å². The normalized spacial score (nSPS) is 28.4. The number of carbonyl (C=O) groups is 1. The number of ether oxygens (including phenoxy) is 1. The highest BCUT2D eigenvalue weighted by Gasteiger charge is 2.56. The molecule has 1 aromatic carbocycles. The Morgan fingerprint density at radius 2 is 2.11 bits per heavy atom. The van der Waals surface area contributed by atoms with E-state index in [9.17, 15) is 4.79 Å². The van der Waals surface area contributed by atoms with Gasteiger partial charge in [-0.3, -0.25) is 9.79 Å². The molecule has 2 saturated carbocycles. The van der Waals surface area contributed by atoms with Gasteiger partial charge in [0.05, 0.1) is 6.10 Å². The molecule has 2 fully saturated rings. The van der Waals surface area contributed by atoms with Crippen LogP contribution in [0.5, 0.6) is 0 Å². The number of amides is 1. The Labute approximate surface area is 167 Å². The van der Waals surface area contributed by atoms with Crippen molar-refractivity contribution in [1.82, 2.24) is 10.6 Å². The largest absolute Gasteiger partial charge is 0.378 e. The van der Waals surface area contributed by atoms with Crippen LogP contribution in [0.3, 0.4) is 0 Å². The molecule has 0 saturated heterocycles. The topological polar surface area (TPSA) is 74.8 Å². The molecule has 28 heavy (non-hydrogen) atoms. The monoisotopic (exact) mass is 384 g/mol. The summed E-state index contributed by atoms with van der Waals surface area (Å²) in [5.41, 5.74) is 2.39. The predicted octanol–water partition coefficient (Wildman–Crippen LogP) is 3.02. The molecule has 152 valence electrons. The van der Waals surface area contributed by atoms with Crippen LogP contribution >= 0.6 is 0 Å². The SMILES string of the molecule is CCOC1CC(NC(=NC)NCC2CC(=O)Nc3ccccc32)C12CCCC2. The van der Waals surface area contributed by atoms with E-state index < -0.39 is 0 Å². The molecule has 3 atom stereocenters. The molecule has 3 aliphatic rings. The lowest BCUT2D eigenvalue weighted by atomic mass is 9.60. The van der Waals surface area contributed by atoms with Crippen LogP contribution in [0.4, 0.5) is 5.69 Å². The van der Waals surface area contributed by atoms with Gasteiger partial charge in [-0.25, -0.2) is 0 Å². The number of guanidine groups is 1. The fourth-order valence-electron chi connectivity index (χ4n) is 5.35. The van der Waals surface area contributed by atoms with E-state index >= 15 is 0 Å². The molecule has 6 nitrogen and oxygen atoms in total. The van der Waals surface area contributed by atoms with E-state index in [1.807, 2.05) is 25.2 Å². The van der Waals surface area contributed by atoms with E-state index in [0.717, 1.165) is 24.7 Å². The molecule has 3 N–H and O–H groups in total. The molecule has 1 spiro atoms. The summed E-state index contributed by atoms with van der Waals surface area (Å²) in [4.78, 5) is 16.5. The molecular formula is C22H32N4O2. The predicted molar refractivity (Wildman–Crippen MR) is 112 cm³/mol. The number of nitrogens with zero attached hydrogens (tertiary/aromatic N) is 1. The van der Waals surface area contributed by atoms with E-state index in [-0.39, 0.29) is 17.2 Å². The molecule has 1 aliphatic heterocycles. The van der Waals surface area contributed by atoms with Crippen molar-refractivity contribution >= 4 is 17.6 Å². The highest BCUT2D eigenvalue weighted by Crippen LogP contribution is 2.54. The van der Waals surface area contributed by atoms with Crippen LogP contribution in [-0.4, -0.2) is 44.2 Å². The van der Waals surface area contributed by atoms with Crippen molar-refractivity contribution in [2.75, 3.05) is 25.5 Å². The fraction of sp³-hybridized carbons (Fsp3) is 0.636. The lowest BCUT2D eigenvalue weighted by Gasteiger charge is -2.54. The Morgan fingerprint density at radius 1 is 1.32 bits per heavy atom. The summed E-state index contributed by atoms with van der Waals surface area (Å²) in [5, 5.41) is 10.1. The molecule has 1 aromatic rings. The van der Waals surface area contributed by atoms with Gasteiger partial charge >= 0.3 is 0 Å². The lowest BCUT2D eigenvalue weighted by molar-refractivity contribution is -0.125. The zero-order chi connectivity index (χ0) is 19.6. The first-order valence-corrected chi connectivity index (χ1v) is 10.6. The molecule has 1 amide bonds. The van der Waals surface area contributed by atoms with Crippen LogP contribution in [0.25, 0.3) is 0 Å². The first kappa shape index (κ1) is 19.2. The Bertz CT molecular complexity index is 742. The molecule has 0 bridgehead atoms. The number of carbonyl (C=O) groups excluding carboxylic acids is 1. The molecule has 6 heteroatoms. The lowest BCUT2D eigenvalue weighted by Crippen LogP contribution is -2.65. The summed E-state index contributed by atoms with van der Waals surface area (Å²) >= 11 is 0. The van der Waals surface area contributed by atoms with Crippen molar-refractivity contribution in [3.8, 4) is 0 Å². The van der Waals surface area contributed by atoms with Gasteiger partial charge < -0.3 is 20.7 Å². The summed E-state index contributed by atoms with van der Waals surface area (Å²) < 4.78 is 6.02. The Morgan fingerprint density at radius 3 is 2.86 bits per heavy atom. The van der Waals surface area contributed by atoms with Gasteiger partial charge in [0.15, 0.2) is 5.96 Å². The highest BCUT2D eigenvalue weighted by atomic mass is 16.5. The average Bonchev–Trinajstić information content (AvgIpc) is 3.22. The number of anilines is 1. The summed E-state index contributed by atoms with van der Waals surface area (Å²) in [6.45, 7) is 3.57. The number of hydrogen-bond donors (Lipinski definition) is 3. The van der Waals surface area contributed by atoms with Crippen LogP contribution in [0, 0.1) is 5.41 Å². The summed E-state index contributed by atoms with van der Waals surface area (Å²) in [5.74, 6) is 1.06. The van der Waals surface area contributed by atoms with Gasteiger partial charge in [0.1, 0.15) is 0 Å². The number of para-hydroxylation sites is 1. The van der Waals surface area contributed by atoms with E-state index in [2.05, 4.69) is 33.9 Å². The second-order valence-electron chi connectivity index (χ2n) is 8.31. The van der Waals surface area contributed by atoms with Gasteiger partial charge in [0.25, 0.3) is 0 Å². The first-order valence-electron chi connectivity index (χ1n) is 10.6. The second kappa shape index (κ2) is 8.11. The van der Waals surface area contributed by atoms with Crippen molar-refractivity contribution in [2.45, 2.75) is 63.5 Å². The van der Waals surface area contributed by atoms with Crippen LogP contribution < -0.4 is 16.0 Å². The van der Waals surface area contributed by atoms with Crippen molar-refractivity contribution in [1.29, 1.82) is 0 Å². The summed E-state index contributed by atoms with van der Waals surface area (Å²) in [7, 11) is 1.82. The second-order valence-corrected chi connectivity index (χ2v) is 8.31. The molecule has 1 heterocycles. The standard InChI is InChI=1S/C22H32N4O2/c1-3-28-19-13-18(22(19)10-6-7-11-22)26-21(23-2)24-14-15-12-20(27)25-17-9-5-4-8-16(15)17/h4-5,8-9,15,18-19H,3,6-7,10-14H2,1-2H3,(H,25,27)(H2,23,24,26). The van der Waals surface area contributed by atoms with E-state index in [1.165, 1.54) is 31.2 Å². The molecular weight excluding hydrogens is 352 g/mol. The van der Waals surface area contributed by atoms with Crippen LogP contribution in [0.15, 0.2) is 29.3 Å². The third-order valence-corrected chi connectivity index (χ3v) is 6.84. The van der Waals surface area contributed by atoms with Gasteiger partial charge in [-0.1, -0.05) is 31.0 Å². The molecule has 3 unspecified atom stereocenters. The smallest absolute Gasteiger partial charge is 0.225 e. The number of benzene rings is 1. The van der Waals surface area contributed by atoms with Crippen molar-refractivity contribution in [3.05, 3.63) is 29.8 Å². The van der Waals surface area contributed by atoms with Crippen molar-refractivity contribution in [2.24, 2.45) is 10.4 Å². The minimum Gasteiger partial charge on any atom is -0.378 e. The zero-order valence-corrected chi connectivity index (χ0v) is 17.0. The van der Waals surface area contributed by atoms with Gasteiger partial charge in [-0.05, 0) is 37.8 Å². The zero-order valence-electron chi connectivity index (χ0n) is 17.0. The van der Waals surface area contributed by atoms with E-state index in [1.54, 1.807) is 0 Å². The number of hydrogen-bond acceptors (Lipinski definition) is 3. The Balaban J connectivity index is 1.38. The maximum atomic E-state index is 12.1. The number of aliphatic imine (C=N–C) groups is 1. The minimum atomic E-state index is 0.0805. The maximum Gasteiger partial charge on any atom is 0.225 e. The van der Waals surface area contributed by atoms with Gasteiger partial charge in [0, 0.05) is 49.7 Å². The third-order valence-electron chi connectivity index (χ3n) is 6.84. The number of rotatable bonds is 5. The Kier molecular flexibility index (Phi) is 5.58. The van der Waals surface area contributed by atoms with Crippen molar-refractivity contribution in [3.63, 3.8) is 0 Å². The molecule has 4 rings (SSSR count). The average molecular weight is 385 g/mol. The van der Waals surface area contributed by atoms with E-state index in [4.69, 9.17) is 4.74 Å². The Hall–Kier alpha value is -2.08. The fourth-order valence-corrected chi connectivity index (χ4v) is 5.35. The van der Waals surface area contributed by atoms with Gasteiger partial charge in [0.2, 0.25) is 5.91 Å². The molecule has 0 radical (unpaired) electrons. The summed E-state index contributed by atoms with van der Waals surface area (Å²) in [6.07, 6.45) is 6.99.